The first-order valence-corrected chi connectivity index (χ1v) is 9.06. The van der Waals surface area contributed by atoms with Crippen molar-refractivity contribution < 1.29 is 14.3 Å². The third-order valence-corrected chi connectivity index (χ3v) is 4.40. The number of amides is 2. The predicted octanol–water partition coefficient (Wildman–Crippen LogP) is 2.94. The molecule has 26 heavy (non-hydrogen) atoms. The number of anilines is 1. The van der Waals surface area contributed by atoms with Crippen LogP contribution in [-0.4, -0.2) is 31.5 Å². The number of nitrogens with zero attached hydrogens (tertiary/aromatic N) is 1. The average Bonchev–Trinajstić information content (AvgIpc) is 3.11. The molecule has 1 heterocycles. The highest BCUT2D eigenvalue weighted by atomic mass is 16.5. The standard InChI is InChI=1S/C21H24N2O3/c24-20(22-14-4-8-17-6-2-1-3-7-17)16-26-19-12-10-18(11-13-19)23-15-5-9-21(23)25/h1-3,6-7,10-13H,4-5,8-9,14-16H2,(H,22,24). The molecule has 2 aromatic rings. The molecule has 1 saturated heterocycles. The summed E-state index contributed by atoms with van der Waals surface area (Å²) in [5.41, 5.74) is 2.15. The van der Waals surface area contributed by atoms with E-state index in [0.29, 0.717) is 18.7 Å². The summed E-state index contributed by atoms with van der Waals surface area (Å²) in [4.78, 5) is 25.4. The van der Waals surface area contributed by atoms with Gasteiger partial charge in [-0.25, -0.2) is 0 Å². The van der Waals surface area contributed by atoms with E-state index in [1.165, 1.54) is 5.56 Å². The normalized spacial score (nSPS) is 13.7. The zero-order valence-electron chi connectivity index (χ0n) is 14.8. The molecule has 0 aromatic heterocycles. The minimum absolute atomic E-state index is 0.00662. The molecule has 1 aliphatic rings. The highest BCUT2D eigenvalue weighted by Crippen LogP contribution is 2.23. The maximum atomic E-state index is 11.9. The topological polar surface area (TPSA) is 58.6 Å². The molecule has 1 aliphatic heterocycles. The van der Waals surface area contributed by atoms with Crippen LogP contribution in [0.25, 0.3) is 0 Å². The fraction of sp³-hybridized carbons (Fsp3) is 0.333. The van der Waals surface area contributed by atoms with Gasteiger partial charge in [0, 0.05) is 25.2 Å². The second-order valence-electron chi connectivity index (χ2n) is 6.37. The van der Waals surface area contributed by atoms with Gasteiger partial charge in [0.25, 0.3) is 5.91 Å². The second-order valence-corrected chi connectivity index (χ2v) is 6.37. The molecule has 1 N–H and O–H groups in total. The Balaban J connectivity index is 1.35. The molecule has 5 heteroatoms. The van der Waals surface area contributed by atoms with Crippen LogP contribution in [0.1, 0.15) is 24.8 Å². The summed E-state index contributed by atoms with van der Waals surface area (Å²) in [5, 5.41) is 2.87. The van der Waals surface area contributed by atoms with Gasteiger partial charge in [-0.3, -0.25) is 9.59 Å². The molecule has 136 valence electrons. The van der Waals surface area contributed by atoms with Crippen LogP contribution in [0.5, 0.6) is 5.75 Å². The van der Waals surface area contributed by atoms with Gasteiger partial charge in [-0.2, -0.15) is 0 Å². The van der Waals surface area contributed by atoms with Crippen LogP contribution in [0.4, 0.5) is 5.69 Å². The van der Waals surface area contributed by atoms with Gasteiger partial charge in [-0.05, 0) is 49.1 Å². The predicted molar refractivity (Wildman–Crippen MR) is 101 cm³/mol. The summed E-state index contributed by atoms with van der Waals surface area (Å²) >= 11 is 0. The zero-order chi connectivity index (χ0) is 18.2. The number of carbonyl (C=O) groups is 2. The van der Waals surface area contributed by atoms with Crippen molar-refractivity contribution in [2.75, 3.05) is 24.6 Å². The Bertz CT molecular complexity index is 729. The first-order chi connectivity index (χ1) is 12.7. The summed E-state index contributed by atoms with van der Waals surface area (Å²) in [5.74, 6) is 0.658. The lowest BCUT2D eigenvalue weighted by molar-refractivity contribution is -0.123. The quantitative estimate of drug-likeness (QED) is 0.743. The molecular formula is C21H24N2O3. The van der Waals surface area contributed by atoms with Crippen molar-refractivity contribution in [2.45, 2.75) is 25.7 Å². The van der Waals surface area contributed by atoms with E-state index in [9.17, 15) is 9.59 Å². The largest absolute Gasteiger partial charge is 0.484 e. The summed E-state index contributed by atoms with van der Waals surface area (Å²) in [6.45, 7) is 1.39. The van der Waals surface area contributed by atoms with Gasteiger partial charge in [-0.15, -0.1) is 0 Å². The fourth-order valence-electron chi connectivity index (χ4n) is 3.01. The molecule has 0 atom stereocenters. The molecular weight excluding hydrogens is 328 g/mol. The van der Waals surface area contributed by atoms with Gasteiger partial charge < -0.3 is 15.0 Å². The van der Waals surface area contributed by atoms with Crippen LogP contribution in [0.15, 0.2) is 54.6 Å². The summed E-state index contributed by atoms with van der Waals surface area (Å²) in [6.07, 6.45) is 3.36. The van der Waals surface area contributed by atoms with Gasteiger partial charge in [0.1, 0.15) is 5.75 Å². The van der Waals surface area contributed by atoms with Crippen LogP contribution in [0.3, 0.4) is 0 Å². The van der Waals surface area contributed by atoms with Crippen molar-refractivity contribution in [3.63, 3.8) is 0 Å². The molecule has 1 fully saturated rings. The van der Waals surface area contributed by atoms with Gasteiger partial charge in [-0.1, -0.05) is 30.3 Å². The van der Waals surface area contributed by atoms with Crippen molar-refractivity contribution in [3.05, 3.63) is 60.2 Å². The van der Waals surface area contributed by atoms with Gasteiger partial charge in [0.05, 0.1) is 0 Å². The molecule has 5 nitrogen and oxygen atoms in total. The van der Waals surface area contributed by atoms with Crippen molar-refractivity contribution in [1.29, 1.82) is 0 Å². The average molecular weight is 352 g/mol. The van der Waals surface area contributed by atoms with Crippen molar-refractivity contribution >= 4 is 17.5 Å². The number of hydrogen-bond donors (Lipinski definition) is 1. The Labute approximate surface area is 154 Å². The number of benzene rings is 2. The van der Waals surface area contributed by atoms with E-state index in [1.807, 2.05) is 30.3 Å². The van der Waals surface area contributed by atoms with Gasteiger partial charge in [0.15, 0.2) is 6.61 Å². The molecule has 2 aromatic carbocycles. The Morgan fingerprint density at radius 3 is 2.54 bits per heavy atom. The van der Waals surface area contributed by atoms with Crippen molar-refractivity contribution in [1.82, 2.24) is 5.32 Å². The third-order valence-electron chi connectivity index (χ3n) is 4.40. The molecule has 0 spiro atoms. The number of nitrogens with one attached hydrogen (secondary N) is 1. The summed E-state index contributed by atoms with van der Waals surface area (Å²) < 4.78 is 5.51. The molecule has 0 bridgehead atoms. The molecule has 0 saturated carbocycles. The Kier molecular flexibility index (Phi) is 6.25. The van der Waals surface area contributed by atoms with Crippen molar-refractivity contribution in [2.24, 2.45) is 0 Å². The van der Waals surface area contributed by atoms with Crippen molar-refractivity contribution in [3.8, 4) is 5.75 Å². The Morgan fingerprint density at radius 1 is 1.08 bits per heavy atom. The lowest BCUT2D eigenvalue weighted by atomic mass is 10.1. The monoisotopic (exact) mass is 352 g/mol. The second kappa shape index (κ2) is 9.04. The van der Waals surface area contributed by atoms with Crippen LogP contribution in [0.2, 0.25) is 0 Å². The zero-order valence-corrected chi connectivity index (χ0v) is 14.8. The molecule has 0 unspecified atom stereocenters. The van der Waals surface area contributed by atoms with E-state index in [2.05, 4.69) is 17.4 Å². The van der Waals surface area contributed by atoms with E-state index in [1.54, 1.807) is 17.0 Å². The molecule has 0 radical (unpaired) electrons. The summed E-state index contributed by atoms with van der Waals surface area (Å²) in [7, 11) is 0. The number of carbonyl (C=O) groups excluding carboxylic acids is 2. The SMILES string of the molecule is O=C(COc1ccc(N2CCCC2=O)cc1)NCCCc1ccccc1. The molecule has 2 amide bonds. The maximum Gasteiger partial charge on any atom is 0.257 e. The van der Waals surface area contributed by atoms with Gasteiger partial charge >= 0.3 is 0 Å². The number of hydrogen-bond acceptors (Lipinski definition) is 3. The smallest absolute Gasteiger partial charge is 0.257 e. The van der Waals surface area contributed by atoms with E-state index < -0.39 is 0 Å². The van der Waals surface area contributed by atoms with E-state index in [-0.39, 0.29) is 18.4 Å². The first-order valence-electron chi connectivity index (χ1n) is 9.06. The number of ether oxygens (including phenoxy) is 1. The molecule has 3 rings (SSSR count). The number of aryl methyl sites for hydroxylation is 1. The molecule has 0 aliphatic carbocycles. The summed E-state index contributed by atoms with van der Waals surface area (Å²) in [6, 6.07) is 17.5. The van der Waals surface area contributed by atoms with E-state index in [4.69, 9.17) is 4.74 Å². The lowest BCUT2D eigenvalue weighted by Gasteiger charge is -2.16. The third kappa shape index (κ3) is 5.09. The van der Waals surface area contributed by atoms with E-state index in [0.717, 1.165) is 31.5 Å². The van der Waals surface area contributed by atoms with E-state index >= 15 is 0 Å². The van der Waals surface area contributed by atoms with Crippen LogP contribution in [-0.2, 0) is 16.0 Å². The highest BCUT2D eigenvalue weighted by molar-refractivity contribution is 5.95. The number of rotatable bonds is 8. The van der Waals surface area contributed by atoms with Crippen LogP contribution in [0, 0.1) is 0 Å². The first kappa shape index (κ1) is 18.0. The Morgan fingerprint density at radius 2 is 1.85 bits per heavy atom. The minimum Gasteiger partial charge on any atom is -0.484 e. The maximum absolute atomic E-state index is 11.9. The Hall–Kier alpha value is -2.82. The minimum atomic E-state index is -0.128. The van der Waals surface area contributed by atoms with Crippen LogP contribution < -0.4 is 15.0 Å². The lowest BCUT2D eigenvalue weighted by Crippen LogP contribution is -2.29. The van der Waals surface area contributed by atoms with Crippen LogP contribution >= 0.6 is 0 Å². The van der Waals surface area contributed by atoms with Gasteiger partial charge in [0.2, 0.25) is 5.91 Å². The highest BCUT2D eigenvalue weighted by Gasteiger charge is 2.21. The fourth-order valence-corrected chi connectivity index (χ4v) is 3.01.